The summed E-state index contributed by atoms with van der Waals surface area (Å²) in [4.78, 5) is 13.1. The third-order valence-electron chi connectivity index (χ3n) is 3.52. The molecule has 2 rings (SSSR count). The van der Waals surface area contributed by atoms with Crippen LogP contribution in [0, 0.1) is 10.1 Å². The molecule has 0 amide bonds. The second kappa shape index (κ2) is 9.43. The van der Waals surface area contributed by atoms with Crippen LogP contribution in [0.1, 0.15) is 24.9 Å². The highest BCUT2D eigenvalue weighted by Crippen LogP contribution is 2.33. The van der Waals surface area contributed by atoms with Crippen molar-refractivity contribution >= 4 is 42.1 Å². The Kier molecular flexibility index (Phi) is 9.17. The van der Waals surface area contributed by atoms with Crippen LogP contribution in [0.5, 0.6) is 0 Å². The minimum atomic E-state index is -0.323. The number of benzene rings is 1. The summed E-state index contributed by atoms with van der Waals surface area (Å²) in [6.45, 7) is 5.71. The van der Waals surface area contributed by atoms with E-state index >= 15 is 0 Å². The van der Waals surface area contributed by atoms with Crippen LogP contribution in [0.15, 0.2) is 18.2 Å². The molecule has 0 unspecified atom stereocenters. The average Bonchev–Trinajstić information content (AvgIpc) is 2.40. The first-order chi connectivity index (χ1) is 9.13. The number of piperazine rings is 1. The van der Waals surface area contributed by atoms with E-state index in [0.29, 0.717) is 5.02 Å². The van der Waals surface area contributed by atoms with Crippen molar-refractivity contribution in [3.63, 3.8) is 0 Å². The van der Waals surface area contributed by atoms with Crippen molar-refractivity contribution in [2.75, 3.05) is 26.2 Å². The van der Waals surface area contributed by atoms with Crippen LogP contribution in [0.2, 0.25) is 5.02 Å². The number of hydrogen-bond donors (Lipinski definition) is 1. The SMILES string of the molecule is CC[C@@H](c1cc(Cl)ccc1[N+](=O)[O-])N1CCNCC1.Cl.Cl. The number of nitro benzene ring substituents is 1. The van der Waals surface area contributed by atoms with Gasteiger partial charge in [-0.3, -0.25) is 15.0 Å². The lowest BCUT2D eigenvalue weighted by Gasteiger charge is -2.34. The molecule has 1 heterocycles. The Bertz CT molecular complexity index is 468. The van der Waals surface area contributed by atoms with Gasteiger partial charge in [0.15, 0.2) is 0 Å². The van der Waals surface area contributed by atoms with Crippen LogP contribution < -0.4 is 5.32 Å². The van der Waals surface area contributed by atoms with Gasteiger partial charge in [0, 0.05) is 48.9 Å². The summed E-state index contributed by atoms with van der Waals surface area (Å²) in [5.41, 5.74) is 0.886. The molecule has 8 heteroatoms. The van der Waals surface area contributed by atoms with Crippen LogP contribution in [-0.4, -0.2) is 36.0 Å². The Labute approximate surface area is 142 Å². The van der Waals surface area contributed by atoms with Gasteiger partial charge in [-0.15, -0.1) is 24.8 Å². The zero-order valence-corrected chi connectivity index (χ0v) is 14.1. The molecule has 1 aromatic carbocycles. The first-order valence-corrected chi connectivity index (χ1v) is 6.90. The fraction of sp³-hybridized carbons (Fsp3) is 0.538. The van der Waals surface area contributed by atoms with Gasteiger partial charge in [0.1, 0.15) is 0 Å². The van der Waals surface area contributed by atoms with Gasteiger partial charge in [-0.25, -0.2) is 0 Å². The van der Waals surface area contributed by atoms with E-state index in [2.05, 4.69) is 17.1 Å². The maximum absolute atomic E-state index is 11.2. The van der Waals surface area contributed by atoms with Crippen LogP contribution in [0.4, 0.5) is 5.69 Å². The molecule has 0 aliphatic carbocycles. The Morgan fingerprint density at radius 3 is 2.52 bits per heavy atom. The molecule has 0 saturated carbocycles. The maximum atomic E-state index is 11.2. The molecule has 1 aromatic rings. The molecule has 1 fully saturated rings. The molecule has 1 N–H and O–H groups in total. The Morgan fingerprint density at radius 2 is 2.00 bits per heavy atom. The number of halogens is 3. The first kappa shape index (κ1) is 20.4. The molecular formula is C13H20Cl3N3O2. The van der Waals surface area contributed by atoms with Gasteiger partial charge in [-0.2, -0.15) is 0 Å². The molecule has 1 saturated heterocycles. The summed E-state index contributed by atoms with van der Waals surface area (Å²) in [6, 6.07) is 4.87. The summed E-state index contributed by atoms with van der Waals surface area (Å²) in [6.07, 6.45) is 0.835. The van der Waals surface area contributed by atoms with E-state index in [1.165, 1.54) is 6.07 Å². The van der Waals surface area contributed by atoms with Gasteiger partial charge in [0.2, 0.25) is 0 Å². The van der Waals surface area contributed by atoms with Gasteiger partial charge >= 0.3 is 0 Å². The van der Waals surface area contributed by atoms with Gasteiger partial charge < -0.3 is 5.32 Å². The van der Waals surface area contributed by atoms with E-state index in [4.69, 9.17) is 11.6 Å². The Balaban J connectivity index is 0.00000200. The summed E-state index contributed by atoms with van der Waals surface area (Å²) in [7, 11) is 0. The predicted molar refractivity (Wildman–Crippen MR) is 90.1 cm³/mol. The van der Waals surface area contributed by atoms with Crippen LogP contribution in [0.25, 0.3) is 0 Å². The monoisotopic (exact) mass is 355 g/mol. The standard InChI is InChI=1S/C13H18ClN3O2.2ClH/c1-2-12(16-7-5-15-6-8-16)11-9-10(14)3-4-13(11)17(18)19;;/h3-4,9,12,15H,2,5-8H2,1H3;2*1H/t12-;;/m0../s1. The Morgan fingerprint density at radius 1 is 1.38 bits per heavy atom. The number of nitrogens with zero attached hydrogens (tertiary/aromatic N) is 2. The number of rotatable bonds is 4. The van der Waals surface area contributed by atoms with Crippen molar-refractivity contribution in [2.24, 2.45) is 0 Å². The normalized spacial score (nSPS) is 16.5. The maximum Gasteiger partial charge on any atom is 0.274 e. The summed E-state index contributed by atoms with van der Waals surface area (Å²) >= 11 is 6.01. The Hall–Kier alpha value is -0.590. The van der Waals surface area contributed by atoms with E-state index in [-0.39, 0.29) is 41.5 Å². The molecule has 1 aliphatic heterocycles. The highest BCUT2D eigenvalue weighted by Gasteiger charge is 2.27. The van der Waals surface area contributed by atoms with E-state index in [9.17, 15) is 10.1 Å². The molecule has 0 spiro atoms. The van der Waals surface area contributed by atoms with Gasteiger partial charge in [-0.1, -0.05) is 18.5 Å². The highest BCUT2D eigenvalue weighted by molar-refractivity contribution is 6.30. The first-order valence-electron chi connectivity index (χ1n) is 6.52. The molecule has 0 aromatic heterocycles. The minimum Gasteiger partial charge on any atom is -0.314 e. The van der Waals surface area contributed by atoms with Gasteiger partial charge in [0.25, 0.3) is 5.69 Å². The second-order valence-corrected chi connectivity index (χ2v) is 5.11. The van der Waals surface area contributed by atoms with E-state index in [0.717, 1.165) is 38.2 Å². The fourth-order valence-corrected chi connectivity index (χ4v) is 2.81. The van der Waals surface area contributed by atoms with Crippen LogP contribution in [-0.2, 0) is 0 Å². The van der Waals surface area contributed by atoms with Crippen molar-refractivity contribution in [3.05, 3.63) is 38.9 Å². The van der Waals surface area contributed by atoms with E-state index in [1.807, 2.05) is 0 Å². The fourth-order valence-electron chi connectivity index (χ4n) is 2.63. The topological polar surface area (TPSA) is 58.4 Å². The van der Waals surface area contributed by atoms with Gasteiger partial charge in [-0.05, 0) is 18.6 Å². The van der Waals surface area contributed by atoms with E-state index < -0.39 is 0 Å². The second-order valence-electron chi connectivity index (χ2n) is 4.67. The number of hydrogen-bond acceptors (Lipinski definition) is 4. The third kappa shape index (κ3) is 4.97. The molecule has 1 aliphatic rings. The zero-order chi connectivity index (χ0) is 13.8. The van der Waals surface area contributed by atoms with Crippen molar-refractivity contribution in [2.45, 2.75) is 19.4 Å². The van der Waals surface area contributed by atoms with Crippen molar-refractivity contribution in [1.82, 2.24) is 10.2 Å². The smallest absolute Gasteiger partial charge is 0.274 e. The van der Waals surface area contributed by atoms with Crippen molar-refractivity contribution < 1.29 is 4.92 Å². The highest BCUT2D eigenvalue weighted by atomic mass is 35.5. The lowest BCUT2D eigenvalue weighted by molar-refractivity contribution is -0.386. The molecule has 21 heavy (non-hydrogen) atoms. The number of nitro groups is 1. The molecule has 1 atom stereocenters. The molecule has 0 bridgehead atoms. The van der Waals surface area contributed by atoms with Gasteiger partial charge in [0.05, 0.1) is 4.92 Å². The molecule has 120 valence electrons. The largest absolute Gasteiger partial charge is 0.314 e. The predicted octanol–water partition coefficient (Wildman–Crippen LogP) is 3.45. The average molecular weight is 357 g/mol. The zero-order valence-electron chi connectivity index (χ0n) is 11.8. The van der Waals surface area contributed by atoms with Crippen molar-refractivity contribution in [1.29, 1.82) is 0 Å². The lowest BCUT2D eigenvalue weighted by Crippen LogP contribution is -2.45. The molecule has 0 radical (unpaired) electrons. The third-order valence-corrected chi connectivity index (χ3v) is 3.76. The van der Waals surface area contributed by atoms with Crippen LogP contribution >= 0.6 is 36.4 Å². The quantitative estimate of drug-likeness (QED) is 0.663. The lowest BCUT2D eigenvalue weighted by atomic mass is 10.00. The summed E-state index contributed by atoms with van der Waals surface area (Å²) in [5, 5.41) is 15.0. The summed E-state index contributed by atoms with van der Waals surface area (Å²) < 4.78 is 0. The minimum absolute atomic E-state index is 0. The number of nitrogens with one attached hydrogen (secondary N) is 1. The molecular weight excluding hydrogens is 337 g/mol. The molecule has 5 nitrogen and oxygen atoms in total. The van der Waals surface area contributed by atoms with E-state index in [1.54, 1.807) is 12.1 Å². The summed E-state index contributed by atoms with van der Waals surface area (Å²) in [5.74, 6) is 0. The van der Waals surface area contributed by atoms with Crippen molar-refractivity contribution in [3.8, 4) is 0 Å². The van der Waals surface area contributed by atoms with Crippen LogP contribution in [0.3, 0.4) is 0 Å².